The van der Waals surface area contributed by atoms with Gasteiger partial charge >= 0.3 is 0 Å². The van der Waals surface area contributed by atoms with E-state index in [1.807, 2.05) is 0 Å². The fourth-order valence-corrected chi connectivity index (χ4v) is 2.78. The minimum Gasteiger partial charge on any atom is -0.389 e. The van der Waals surface area contributed by atoms with Gasteiger partial charge in [0.05, 0.1) is 11.0 Å². The molecule has 0 amide bonds. The molecule has 21 heavy (non-hydrogen) atoms. The van der Waals surface area contributed by atoms with Crippen LogP contribution in [0.4, 0.5) is 0 Å². The second kappa shape index (κ2) is 8.48. The molecular formula is C15H25NO4S. The fourth-order valence-electron chi connectivity index (χ4n) is 1.71. The second-order valence-corrected chi connectivity index (χ2v) is 7.23. The molecular weight excluding hydrogens is 290 g/mol. The summed E-state index contributed by atoms with van der Waals surface area (Å²) in [5.41, 5.74) is 0.691. The van der Waals surface area contributed by atoms with E-state index >= 15 is 0 Å². The zero-order chi connectivity index (χ0) is 15.9. The van der Waals surface area contributed by atoms with Crippen molar-refractivity contribution < 1.29 is 18.3 Å². The monoisotopic (exact) mass is 315 g/mol. The SMILES string of the molecule is CC(C)COCCCNS(=O)(=O)c1ccc(C(C)O)cc1. The summed E-state index contributed by atoms with van der Waals surface area (Å²) in [6.45, 7) is 7.35. The number of aliphatic hydroxyl groups excluding tert-OH is 1. The Labute approximate surface area is 127 Å². The smallest absolute Gasteiger partial charge is 0.240 e. The van der Waals surface area contributed by atoms with E-state index in [0.717, 1.165) is 0 Å². The fraction of sp³-hybridized carbons (Fsp3) is 0.600. The molecule has 0 aliphatic carbocycles. The number of aliphatic hydroxyl groups is 1. The van der Waals surface area contributed by atoms with Crippen LogP contribution in [0.15, 0.2) is 29.2 Å². The molecule has 1 aromatic rings. The Morgan fingerprint density at radius 2 is 1.81 bits per heavy atom. The molecule has 5 nitrogen and oxygen atoms in total. The van der Waals surface area contributed by atoms with Crippen LogP contribution < -0.4 is 4.72 Å². The van der Waals surface area contributed by atoms with Crippen LogP contribution in [0.25, 0.3) is 0 Å². The molecule has 0 radical (unpaired) electrons. The zero-order valence-corrected chi connectivity index (χ0v) is 13.7. The van der Waals surface area contributed by atoms with Crippen LogP contribution in [0.1, 0.15) is 38.9 Å². The molecule has 1 unspecified atom stereocenters. The molecule has 0 aromatic heterocycles. The molecule has 6 heteroatoms. The van der Waals surface area contributed by atoms with Gasteiger partial charge in [-0.2, -0.15) is 0 Å². The van der Waals surface area contributed by atoms with E-state index in [4.69, 9.17) is 4.74 Å². The molecule has 1 rings (SSSR count). The van der Waals surface area contributed by atoms with Gasteiger partial charge in [-0.3, -0.25) is 0 Å². The quantitative estimate of drug-likeness (QED) is 0.684. The van der Waals surface area contributed by atoms with Crippen molar-refractivity contribution in [2.75, 3.05) is 19.8 Å². The average Bonchev–Trinajstić information content (AvgIpc) is 2.42. The summed E-state index contributed by atoms with van der Waals surface area (Å²) in [4.78, 5) is 0.204. The lowest BCUT2D eigenvalue weighted by Gasteiger charge is -2.09. The van der Waals surface area contributed by atoms with E-state index in [0.29, 0.717) is 37.7 Å². The van der Waals surface area contributed by atoms with Gasteiger partial charge in [0, 0.05) is 19.8 Å². The summed E-state index contributed by atoms with van der Waals surface area (Å²) in [5.74, 6) is 0.481. The van der Waals surface area contributed by atoms with Crippen LogP contribution in [0, 0.1) is 5.92 Å². The van der Waals surface area contributed by atoms with Gasteiger partial charge in [-0.1, -0.05) is 26.0 Å². The summed E-state index contributed by atoms with van der Waals surface area (Å²) >= 11 is 0. The Bertz CT molecular complexity index is 509. The molecule has 0 saturated carbocycles. The third kappa shape index (κ3) is 6.56. The molecule has 120 valence electrons. The van der Waals surface area contributed by atoms with Crippen molar-refractivity contribution in [3.8, 4) is 0 Å². The Balaban J connectivity index is 2.43. The highest BCUT2D eigenvalue weighted by Gasteiger charge is 2.13. The highest BCUT2D eigenvalue weighted by molar-refractivity contribution is 7.89. The van der Waals surface area contributed by atoms with Crippen molar-refractivity contribution in [1.29, 1.82) is 0 Å². The maximum absolute atomic E-state index is 12.0. The van der Waals surface area contributed by atoms with Crippen molar-refractivity contribution in [3.05, 3.63) is 29.8 Å². The van der Waals surface area contributed by atoms with E-state index in [1.54, 1.807) is 19.1 Å². The summed E-state index contributed by atoms with van der Waals surface area (Å²) in [6.07, 6.45) is 0.0327. The molecule has 2 N–H and O–H groups in total. The minimum atomic E-state index is -3.49. The van der Waals surface area contributed by atoms with Crippen LogP contribution in [0.2, 0.25) is 0 Å². The Morgan fingerprint density at radius 3 is 2.33 bits per heavy atom. The van der Waals surface area contributed by atoms with Gasteiger partial charge in [-0.15, -0.1) is 0 Å². The summed E-state index contributed by atoms with van der Waals surface area (Å²) in [6, 6.07) is 6.23. The predicted octanol–water partition coefficient (Wildman–Crippen LogP) is 2.08. The van der Waals surface area contributed by atoms with Crippen LogP contribution in [-0.4, -0.2) is 33.3 Å². The summed E-state index contributed by atoms with van der Waals surface area (Å²) < 4.78 is 32.0. The molecule has 0 aliphatic rings. The van der Waals surface area contributed by atoms with Crippen LogP contribution in [0.5, 0.6) is 0 Å². The lowest BCUT2D eigenvalue weighted by Crippen LogP contribution is -2.25. The van der Waals surface area contributed by atoms with Gasteiger partial charge in [0.15, 0.2) is 0 Å². The highest BCUT2D eigenvalue weighted by atomic mass is 32.2. The number of sulfonamides is 1. The summed E-state index contributed by atoms with van der Waals surface area (Å²) in [7, 11) is -3.49. The normalized spacial score (nSPS) is 13.6. The molecule has 0 aliphatic heterocycles. The van der Waals surface area contributed by atoms with Gasteiger partial charge in [0.2, 0.25) is 10.0 Å². The van der Waals surface area contributed by atoms with Crippen LogP contribution in [-0.2, 0) is 14.8 Å². The highest BCUT2D eigenvalue weighted by Crippen LogP contribution is 2.15. The van der Waals surface area contributed by atoms with Crippen molar-refractivity contribution in [2.45, 2.75) is 38.2 Å². The van der Waals surface area contributed by atoms with Crippen molar-refractivity contribution in [1.82, 2.24) is 4.72 Å². The first kappa shape index (κ1) is 18.1. The topological polar surface area (TPSA) is 75.6 Å². The lowest BCUT2D eigenvalue weighted by molar-refractivity contribution is 0.108. The molecule has 0 saturated heterocycles. The van der Waals surface area contributed by atoms with E-state index in [1.165, 1.54) is 12.1 Å². The number of hydrogen-bond donors (Lipinski definition) is 2. The van der Waals surface area contributed by atoms with Crippen LogP contribution >= 0.6 is 0 Å². The third-order valence-electron chi connectivity index (χ3n) is 2.88. The minimum absolute atomic E-state index is 0.204. The molecule has 0 spiro atoms. The van der Waals surface area contributed by atoms with Crippen molar-refractivity contribution in [2.24, 2.45) is 5.92 Å². The Hall–Kier alpha value is -0.950. The standard InChI is InChI=1S/C15H25NO4S/c1-12(2)11-20-10-4-9-16-21(18,19)15-7-5-14(6-8-15)13(3)17/h5-8,12-13,16-17H,4,9-11H2,1-3H3. The van der Waals surface area contributed by atoms with Gasteiger partial charge in [-0.05, 0) is 37.0 Å². The van der Waals surface area contributed by atoms with E-state index < -0.39 is 16.1 Å². The first-order valence-corrected chi connectivity index (χ1v) is 8.66. The Morgan fingerprint density at radius 1 is 1.19 bits per heavy atom. The molecule has 0 heterocycles. The average molecular weight is 315 g/mol. The number of ether oxygens (including phenoxy) is 1. The van der Waals surface area contributed by atoms with E-state index in [-0.39, 0.29) is 4.90 Å². The number of nitrogens with one attached hydrogen (secondary N) is 1. The third-order valence-corrected chi connectivity index (χ3v) is 4.36. The van der Waals surface area contributed by atoms with Gasteiger partial charge in [0.1, 0.15) is 0 Å². The second-order valence-electron chi connectivity index (χ2n) is 5.47. The first-order valence-electron chi connectivity index (χ1n) is 7.18. The molecule has 1 atom stereocenters. The Kier molecular flexibility index (Phi) is 7.31. The van der Waals surface area contributed by atoms with Crippen molar-refractivity contribution in [3.63, 3.8) is 0 Å². The maximum Gasteiger partial charge on any atom is 0.240 e. The van der Waals surface area contributed by atoms with E-state index in [2.05, 4.69) is 18.6 Å². The van der Waals surface area contributed by atoms with Crippen molar-refractivity contribution >= 4 is 10.0 Å². The zero-order valence-electron chi connectivity index (χ0n) is 12.9. The van der Waals surface area contributed by atoms with Gasteiger partial charge < -0.3 is 9.84 Å². The molecule has 0 fully saturated rings. The number of rotatable bonds is 9. The largest absolute Gasteiger partial charge is 0.389 e. The predicted molar refractivity (Wildman–Crippen MR) is 82.5 cm³/mol. The van der Waals surface area contributed by atoms with Gasteiger partial charge in [0.25, 0.3) is 0 Å². The summed E-state index contributed by atoms with van der Waals surface area (Å²) in [5, 5.41) is 9.40. The number of hydrogen-bond acceptors (Lipinski definition) is 4. The van der Waals surface area contributed by atoms with E-state index in [9.17, 15) is 13.5 Å². The molecule has 0 bridgehead atoms. The maximum atomic E-state index is 12.0. The van der Waals surface area contributed by atoms with Gasteiger partial charge in [-0.25, -0.2) is 13.1 Å². The van der Waals surface area contributed by atoms with Crippen LogP contribution in [0.3, 0.4) is 0 Å². The molecule has 1 aromatic carbocycles. The lowest BCUT2D eigenvalue weighted by atomic mass is 10.1. The first-order chi connectivity index (χ1) is 9.83. The number of benzene rings is 1.